The first-order valence-corrected chi connectivity index (χ1v) is 8.82. The maximum absolute atomic E-state index is 10.6. The number of nitrogens with zero attached hydrogens (tertiary/aromatic N) is 5. The number of aromatic nitrogens is 4. The number of rotatable bonds is 4. The van der Waals surface area contributed by atoms with Gasteiger partial charge < -0.3 is 14.6 Å². The average molecular weight is 350 g/mol. The molecule has 0 aromatic carbocycles. The minimum Gasteiger partial charge on any atom is -0.385 e. The van der Waals surface area contributed by atoms with Gasteiger partial charge in [-0.1, -0.05) is 18.5 Å². The van der Waals surface area contributed by atoms with Crippen LogP contribution >= 0.6 is 11.6 Å². The Balaban J connectivity index is 1.71. The van der Waals surface area contributed by atoms with Crippen LogP contribution in [0.5, 0.6) is 0 Å². The number of aryl methyl sites for hydroxylation is 2. The lowest BCUT2D eigenvalue weighted by Gasteiger charge is -2.35. The largest absolute Gasteiger partial charge is 0.385 e. The fourth-order valence-electron chi connectivity index (χ4n) is 3.29. The quantitative estimate of drug-likeness (QED) is 0.859. The second-order valence-electron chi connectivity index (χ2n) is 6.40. The summed E-state index contributed by atoms with van der Waals surface area (Å²) in [6.07, 6.45) is 5.64. The Morgan fingerprint density at radius 3 is 2.62 bits per heavy atom. The van der Waals surface area contributed by atoms with E-state index in [9.17, 15) is 5.11 Å². The summed E-state index contributed by atoms with van der Waals surface area (Å²) in [6, 6.07) is 0. The molecular weight excluding hydrogens is 326 g/mol. The van der Waals surface area contributed by atoms with Gasteiger partial charge in [0.1, 0.15) is 28.7 Å². The highest BCUT2D eigenvalue weighted by molar-refractivity contribution is 6.30. The second kappa shape index (κ2) is 7.07. The lowest BCUT2D eigenvalue weighted by Crippen LogP contribution is -2.37. The normalized spacial score (nSPS) is 17.3. The molecule has 0 bridgehead atoms. The molecule has 3 rings (SSSR count). The summed E-state index contributed by atoms with van der Waals surface area (Å²) < 4.78 is 1.89. The van der Waals surface area contributed by atoms with Crippen molar-refractivity contribution in [2.24, 2.45) is 13.0 Å². The predicted molar refractivity (Wildman–Crippen MR) is 94.3 cm³/mol. The number of piperidine rings is 1. The van der Waals surface area contributed by atoms with E-state index >= 15 is 0 Å². The first kappa shape index (κ1) is 17.2. The highest BCUT2D eigenvalue weighted by atomic mass is 35.5. The van der Waals surface area contributed by atoms with E-state index in [2.05, 4.69) is 19.9 Å². The number of imidazole rings is 1. The molecule has 0 saturated carbocycles. The molecule has 2 aromatic rings. The lowest BCUT2D eigenvalue weighted by atomic mass is 9.90. The topological polar surface area (TPSA) is 67.1 Å². The maximum atomic E-state index is 10.6. The van der Waals surface area contributed by atoms with Crippen molar-refractivity contribution in [3.8, 4) is 0 Å². The minimum atomic E-state index is -0.520. The first-order chi connectivity index (χ1) is 11.5. The van der Waals surface area contributed by atoms with E-state index in [-0.39, 0.29) is 5.92 Å². The standard InChI is InChI=1S/C17H24ClN5O/c1-4-13-20-15(18)11(2)16(21-13)23-8-5-12(6-9-23)14(24)17-19-7-10-22(17)3/h7,10,12,14,24H,4-6,8-9H2,1-3H3. The van der Waals surface area contributed by atoms with Crippen molar-refractivity contribution < 1.29 is 5.11 Å². The Labute approximate surface area is 147 Å². The number of hydrogen-bond acceptors (Lipinski definition) is 5. The molecule has 1 fully saturated rings. The van der Waals surface area contributed by atoms with E-state index < -0.39 is 6.10 Å². The second-order valence-corrected chi connectivity index (χ2v) is 6.76. The molecule has 1 unspecified atom stereocenters. The van der Waals surface area contributed by atoms with Crippen LogP contribution in [0.25, 0.3) is 0 Å². The van der Waals surface area contributed by atoms with Crippen molar-refractivity contribution in [3.63, 3.8) is 0 Å². The number of hydrogen-bond donors (Lipinski definition) is 1. The van der Waals surface area contributed by atoms with Gasteiger partial charge in [0.2, 0.25) is 0 Å². The van der Waals surface area contributed by atoms with E-state index in [0.29, 0.717) is 5.15 Å². The zero-order valence-electron chi connectivity index (χ0n) is 14.4. The molecular formula is C17H24ClN5O. The molecule has 24 heavy (non-hydrogen) atoms. The highest BCUT2D eigenvalue weighted by Gasteiger charge is 2.29. The Kier molecular flexibility index (Phi) is 5.06. The molecule has 3 heterocycles. The number of anilines is 1. The molecule has 1 N–H and O–H groups in total. The molecule has 0 amide bonds. The van der Waals surface area contributed by atoms with Gasteiger partial charge in [-0.15, -0.1) is 0 Å². The van der Waals surface area contributed by atoms with Crippen LogP contribution in [0.15, 0.2) is 12.4 Å². The van der Waals surface area contributed by atoms with Gasteiger partial charge in [0, 0.05) is 44.5 Å². The average Bonchev–Trinajstić information content (AvgIpc) is 3.02. The highest BCUT2D eigenvalue weighted by Crippen LogP contribution is 2.33. The van der Waals surface area contributed by atoms with Gasteiger partial charge in [-0.05, 0) is 25.7 Å². The predicted octanol–water partition coefficient (Wildman–Crippen LogP) is 2.68. The number of aliphatic hydroxyl groups excluding tert-OH is 1. The van der Waals surface area contributed by atoms with Crippen LogP contribution in [0.1, 0.15) is 43.1 Å². The molecule has 0 spiro atoms. The fraction of sp³-hybridized carbons (Fsp3) is 0.588. The van der Waals surface area contributed by atoms with Gasteiger partial charge in [-0.25, -0.2) is 15.0 Å². The summed E-state index contributed by atoms with van der Waals surface area (Å²) in [6.45, 7) is 5.69. The summed E-state index contributed by atoms with van der Waals surface area (Å²) in [5.41, 5.74) is 0.928. The third-order valence-electron chi connectivity index (χ3n) is 4.83. The summed E-state index contributed by atoms with van der Waals surface area (Å²) in [5.74, 6) is 2.65. The third-order valence-corrected chi connectivity index (χ3v) is 5.20. The van der Waals surface area contributed by atoms with Crippen LogP contribution in [-0.4, -0.2) is 37.7 Å². The molecule has 1 aliphatic heterocycles. The molecule has 0 radical (unpaired) electrons. The summed E-state index contributed by atoms with van der Waals surface area (Å²) in [7, 11) is 1.92. The van der Waals surface area contributed by atoms with Crippen LogP contribution in [0.2, 0.25) is 5.15 Å². The van der Waals surface area contributed by atoms with Gasteiger partial charge in [-0.3, -0.25) is 0 Å². The summed E-state index contributed by atoms with van der Waals surface area (Å²) in [5, 5.41) is 11.1. The van der Waals surface area contributed by atoms with Crippen molar-refractivity contribution in [3.05, 3.63) is 34.8 Å². The molecule has 6 nitrogen and oxygen atoms in total. The van der Waals surface area contributed by atoms with Crippen molar-refractivity contribution in [1.29, 1.82) is 0 Å². The van der Waals surface area contributed by atoms with Crippen molar-refractivity contribution in [1.82, 2.24) is 19.5 Å². The van der Waals surface area contributed by atoms with Gasteiger partial charge >= 0.3 is 0 Å². The van der Waals surface area contributed by atoms with Crippen molar-refractivity contribution in [2.75, 3.05) is 18.0 Å². The Hall–Kier alpha value is -1.66. The molecule has 130 valence electrons. The van der Waals surface area contributed by atoms with E-state index in [4.69, 9.17) is 11.6 Å². The zero-order valence-corrected chi connectivity index (χ0v) is 15.2. The molecule has 0 aliphatic carbocycles. The van der Waals surface area contributed by atoms with Gasteiger partial charge in [0.15, 0.2) is 0 Å². The molecule has 7 heteroatoms. The van der Waals surface area contributed by atoms with Crippen molar-refractivity contribution >= 4 is 17.4 Å². The van der Waals surface area contributed by atoms with E-state index in [0.717, 1.165) is 55.4 Å². The van der Waals surface area contributed by atoms with E-state index in [1.165, 1.54) is 0 Å². The Morgan fingerprint density at radius 1 is 1.33 bits per heavy atom. The lowest BCUT2D eigenvalue weighted by molar-refractivity contribution is 0.0824. The minimum absolute atomic E-state index is 0.214. The monoisotopic (exact) mass is 349 g/mol. The van der Waals surface area contributed by atoms with Crippen LogP contribution in [0.4, 0.5) is 5.82 Å². The van der Waals surface area contributed by atoms with Gasteiger partial charge in [0.05, 0.1) is 0 Å². The molecule has 1 atom stereocenters. The van der Waals surface area contributed by atoms with Crippen LogP contribution in [0, 0.1) is 12.8 Å². The maximum Gasteiger partial charge on any atom is 0.137 e. The Bertz CT molecular complexity index is 709. The first-order valence-electron chi connectivity index (χ1n) is 8.44. The zero-order chi connectivity index (χ0) is 17.3. The van der Waals surface area contributed by atoms with Crippen LogP contribution < -0.4 is 4.90 Å². The fourth-order valence-corrected chi connectivity index (χ4v) is 3.47. The van der Waals surface area contributed by atoms with Crippen molar-refractivity contribution in [2.45, 2.75) is 39.2 Å². The van der Waals surface area contributed by atoms with Crippen LogP contribution in [-0.2, 0) is 13.5 Å². The van der Waals surface area contributed by atoms with Gasteiger partial charge in [-0.2, -0.15) is 0 Å². The molecule has 1 saturated heterocycles. The van der Waals surface area contributed by atoms with Gasteiger partial charge in [0.25, 0.3) is 0 Å². The number of aliphatic hydroxyl groups is 1. The summed E-state index contributed by atoms with van der Waals surface area (Å²) >= 11 is 6.25. The van der Waals surface area contributed by atoms with Crippen LogP contribution in [0.3, 0.4) is 0 Å². The van der Waals surface area contributed by atoms with E-state index in [1.54, 1.807) is 6.20 Å². The smallest absolute Gasteiger partial charge is 0.137 e. The molecule has 1 aliphatic rings. The van der Waals surface area contributed by atoms with E-state index in [1.807, 2.05) is 31.7 Å². The Morgan fingerprint density at radius 2 is 2.04 bits per heavy atom. The summed E-state index contributed by atoms with van der Waals surface area (Å²) in [4.78, 5) is 15.5. The third kappa shape index (κ3) is 3.26. The number of halogens is 1. The SMILES string of the molecule is CCc1nc(Cl)c(C)c(N2CCC(C(O)c3nccn3C)CC2)n1. The molecule has 2 aromatic heterocycles.